The first-order valence-electron chi connectivity index (χ1n) is 10.5. The summed E-state index contributed by atoms with van der Waals surface area (Å²) in [6, 6.07) is 19.1. The van der Waals surface area contributed by atoms with E-state index in [1.807, 2.05) is 12.1 Å². The number of fused-ring (bicyclic) bond motifs is 1. The Morgan fingerprint density at radius 2 is 1.11 bits per heavy atom. The van der Waals surface area contributed by atoms with E-state index in [1.54, 1.807) is 54.6 Å². The van der Waals surface area contributed by atoms with Gasteiger partial charge < -0.3 is 20.4 Å². The molecule has 0 aliphatic heterocycles. The molecule has 4 rings (SSSR count). The molecule has 3 aromatic carbocycles. The van der Waals surface area contributed by atoms with Crippen molar-refractivity contribution in [3.63, 3.8) is 0 Å². The molecule has 1 aromatic heterocycles. The Balaban J connectivity index is 1.84. The molecule has 0 spiro atoms. The zero-order valence-electron chi connectivity index (χ0n) is 18.2. The van der Waals surface area contributed by atoms with Crippen LogP contribution in [-0.4, -0.2) is 42.3 Å². The minimum Gasteiger partial charge on any atom is -0.478 e. The van der Waals surface area contributed by atoms with Gasteiger partial charge in [-0.3, -0.25) is 0 Å². The van der Waals surface area contributed by atoms with Gasteiger partial charge in [-0.05, 0) is 35.4 Å². The zero-order valence-corrected chi connectivity index (χ0v) is 18.2. The number of benzene rings is 3. The molecule has 0 saturated heterocycles. The van der Waals surface area contributed by atoms with E-state index in [0.29, 0.717) is 33.5 Å². The average molecular weight is 468 g/mol. The summed E-state index contributed by atoms with van der Waals surface area (Å²) in [5.74, 6) is -2.08. The van der Waals surface area contributed by atoms with Crippen LogP contribution in [0, 0.1) is 0 Å². The summed E-state index contributed by atoms with van der Waals surface area (Å²) in [5, 5.41) is 36.8. The molecule has 35 heavy (non-hydrogen) atoms. The molecule has 0 bridgehead atoms. The molecule has 8 heteroatoms. The molecule has 0 atom stereocenters. The summed E-state index contributed by atoms with van der Waals surface area (Å²) >= 11 is 0. The molecule has 0 saturated carbocycles. The molecule has 0 fully saturated rings. The maximum atomic E-state index is 10.8. The van der Waals surface area contributed by atoms with Crippen LogP contribution in [0.1, 0.15) is 23.0 Å². The summed E-state index contributed by atoms with van der Waals surface area (Å²) in [4.78, 5) is 31.1. The van der Waals surface area contributed by atoms with E-state index >= 15 is 0 Å². The quantitative estimate of drug-likeness (QED) is 0.234. The van der Waals surface area contributed by atoms with Crippen LogP contribution in [0.4, 0.5) is 0 Å². The molecular formula is C27H20N2O6. The van der Waals surface area contributed by atoms with Gasteiger partial charge in [-0.25, -0.2) is 19.6 Å². The molecule has 0 amide bonds. The van der Waals surface area contributed by atoms with Crippen molar-refractivity contribution in [2.75, 3.05) is 0 Å². The maximum absolute atomic E-state index is 10.8. The Kier molecular flexibility index (Phi) is 6.77. The molecule has 4 N–H and O–H groups in total. The van der Waals surface area contributed by atoms with Crippen LogP contribution in [0.3, 0.4) is 0 Å². The molecule has 4 aromatic rings. The van der Waals surface area contributed by atoms with Crippen molar-refractivity contribution < 1.29 is 30.0 Å². The molecule has 0 aliphatic carbocycles. The first-order chi connectivity index (χ1) is 16.8. The fourth-order valence-electron chi connectivity index (χ4n) is 3.47. The van der Waals surface area contributed by atoms with Gasteiger partial charge in [-0.15, -0.1) is 0 Å². The van der Waals surface area contributed by atoms with Gasteiger partial charge in [0.05, 0.1) is 22.4 Å². The molecular weight excluding hydrogens is 448 g/mol. The first-order valence-corrected chi connectivity index (χ1v) is 10.5. The topological polar surface area (TPSA) is 141 Å². The van der Waals surface area contributed by atoms with E-state index in [9.17, 15) is 19.8 Å². The monoisotopic (exact) mass is 468 g/mol. The van der Waals surface area contributed by atoms with E-state index in [2.05, 4.69) is 0 Å². The van der Waals surface area contributed by atoms with E-state index in [-0.39, 0.29) is 5.56 Å². The summed E-state index contributed by atoms with van der Waals surface area (Å²) in [6.07, 6.45) is 3.44. The van der Waals surface area contributed by atoms with Crippen LogP contribution in [0.25, 0.3) is 45.7 Å². The van der Waals surface area contributed by atoms with Crippen molar-refractivity contribution >= 4 is 35.1 Å². The van der Waals surface area contributed by atoms with Gasteiger partial charge in [0.2, 0.25) is 0 Å². The second-order valence-electron chi connectivity index (χ2n) is 7.63. The number of carbonyl (C=O) groups is 2. The molecule has 8 nitrogen and oxygen atoms in total. The SMILES string of the molecule is O=C(O)/C=C/c1ccc(-c2nc3ccc(C(O)O)cc3nc2-c2ccc(/C=C/C(=O)O)cc2)cc1. The minimum atomic E-state index is -1.64. The van der Waals surface area contributed by atoms with E-state index in [0.717, 1.165) is 23.3 Å². The highest BCUT2D eigenvalue weighted by Crippen LogP contribution is 2.32. The van der Waals surface area contributed by atoms with Crippen LogP contribution in [0.15, 0.2) is 78.9 Å². The van der Waals surface area contributed by atoms with Crippen molar-refractivity contribution in [2.45, 2.75) is 6.29 Å². The van der Waals surface area contributed by atoms with Crippen LogP contribution in [0.5, 0.6) is 0 Å². The highest BCUT2D eigenvalue weighted by Gasteiger charge is 2.15. The van der Waals surface area contributed by atoms with Crippen LogP contribution in [0.2, 0.25) is 0 Å². The third kappa shape index (κ3) is 5.64. The standard InChI is InChI=1S/C27H20N2O6/c30-23(31)13-5-16-1-7-18(8-2-16)25-26(19-9-3-17(4-10-19)6-14-24(32)33)29-22-15-20(27(34)35)11-12-21(22)28-25/h1-15,27,34-35H,(H,30,31)(H,32,33)/b13-5+,14-6+. The number of aliphatic hydroxyl groups excluding tert-OH is 1. The Morgan fingerprint density at radius 3 is 1.54 bits per heavy atom. The Bertz CT molecular complexity index is 1460. The third-order valence-corrected chi connectivity index (χ3v) is 5.19. The predicted molar refractivity (Wildman–Crippen MR) is 131 cm³/mol. The Labute approximate surface area is 199 Å². The molecule has 0 aliphatic rings. The smallest absolute Gasteiger partial charge is 0.328 e. The van der Waals surface area contributed by atoms with Crippen molar-refractivity contribution in [1.29, 1.82) is 0 Å². The second kappa shape index (κ2) is 10.1. The number of hydrogen-bond acceptors (Lipinski definition) is 6. The number of aromatic nitrogens is 2. The average Bonchev–Trinajstić information content (AvgIpc) is 2.85. The zero-order chi connectivity index (χ0) is 24.9. The normalized spacial score (nSPS) is 11.6. The van der Waals surface area contributed by atoms with Crippen LogP contribution in [-0.2, 0) is 9.59 Å². The van der Waals surface area contributed by atoms with Crippen LogP contribution >= 0.6 is 0 Å². The van der Waals surface area contributed by atoms with Crippen molar-refractivity contribution in [3.8, 4) is 22.5 Å². The second-order valence-corrected chi connectivity index (χ2v) is 7.63. The summed E-state index contributed by atoms with van der Waals surface area (Å²) in [5.41, 5.74) is 5.34. The molecule has 0 unspecified atom stereocenters. The fraction of sp³-hybridized carbons (Fsp3) is 0.0370. The summed E-state index contributed by atoms with van der Waals surface area (Å²) < 4.78 is 0. The van der Waals surface area contributed by atoms with Crippen molar-refractivity contribution in [2.24, 2.45) is 0 Å². The van der Waals surface area contributed by atoms with Gasteiger partial charge in [0.15, 0.2) is 6.29 Å². The first kappa shape index (κ1) is 23.5. The number of aliphatic carboxylic acids is 2. The van der Waals surface area contributed by atoms with Crippen molar-refractivity contribution in [1.82, 2.24) is 9.97 Å². The van der Waals surface area contributed by atoms with Gasteiger partial charge >= 0.3 is 11.9 Å². The maximum Gasteiger partial charge on any atom is 0.328 e. The number of carboxylic acids is 2. The Morgan fingerprint density at radius 1 is 0.657 bits per heavy atom. The number of carboxylic acid groups (broad SMARTS) is 2. The lowest BCUT2D eigenvalue weighted by Gasteiger charge is -2.12. The van der Waals surface area contributed by atoms with Gasteiger partial charge in [-0.2, -0.15) is 0 Å². The predicted octanol–water partition coefficient (Wildman–Crippen LogP) is 4.14. The van der Waals surface area contributed by atoms with Crippen molar-refractivity contribution in [3.05, 3.63) is 95.6 Å². The summed E-state index contributed by atoms with van der Waals surface area (Å²) in [6.45, 7) is 0. The summed E-state index contributed by atoms with van der Waals surface area (Å²) in [7, 11) is 0. The number of nitrogens with zero attached hydrogens (tertiary/aromatic N) is 2. The fourth-order valence-corrected chi connectivity index (χ4v) is 3.47. The molecule has 174 valence electrons. The third-order valence-electron chi connectivity index (χ3n) is 5.19. The number of aliphatic hydroxyl groups is 2. The lowest BCUT2D eigenvalue weighted by Crippen LogP contribution is -1.99. The van der Waals surface area contributed by atoms with E-state index in [4.69, 9.17) is 20.2 Å². The Hall–Kier alpha value is -4.66. The minimum absolute atomic E-state index is 0.286. The lowest BCUT2D eigenvalue weighted by molar-refractivity contribution is -0.132. The molecule has 1 heterocycles. The van der Waals surface area contributed by atoms with E-state index < -0.39 is 18.2 Å². The van der Waals surface area contributed by atoms with Gasteiger partial charge in [0.25, 0.3) is 0 Å². The highest BCUT2D eigenvalue weighted by molar-refractivity contribution is 5.88. The largest absolute Gasteiger partial charge is 0.478 e. The van der Waals surface area contributed by atoms with Gasteiger partial charge in [-0.1, -0.05) is 54.6 Å². The molecule has 0 radical (unpaired) electrons. The van der Waals surface area contributed by atoms with Gasteiger partial charge in [0.1, 0.15) is 0 Å². The lowest BCUT2D eigenvalue weighted by atomic mass is 10.0. The highest BCUT2D eigenvalue weighted by atomic mass is 16.5. The number of hydrogen-bond donors (Lipinski definition) is 4. The number of rotatable bonds is 7. The van der Waals surface area contributed by atoms with E-state index in [1.165, 1.54) is 12.2 Å². The van der Waals surface area contributed by atoms with Gasteiger partial charge in [0, 0.05) is 28.8 Å². The van der Waals surface area contributed by atoms with Crippen LogP contribution < -0.4 is 0 Å².